The fourth-order valence-corrected chi connectivity index (χ4v) is 2.80. The Morgan fingerprint density at radius 2 is 1.88 bits per heavy atom. The summed E-state index contributed by atoms with van der Waals surface area (Å²) in [5, 5.41) is 3.36. The number of carbonyl (C=O) groups is 1. The first-order chi connectivity index (χ1) is 8.11. The van der Waals surface area contributed by atoms with Gasteiger partial charge in [0.1, 0.15) is 0 Å². The maximum Gasteiger partial charge on any atom is 0.229 e. The molecule has 0 saturated carbocycles. The molecule has 3 heteroatoms. The fraction of sp³-hybridized carbons (Fsp3) is 0.929. The maximum absolute atomic E-state index is 12.8. The minimum atomic E-state index is -0.0926. The van der Waals surface area contributed by atoms with Gasteiger partial charge in [-0.05, 0) is 52.6 Å². The number of nitrogens with zero attached hydrogens (tertiary/aromatic N) is 1. The second kappa shape index (κ2) is 6.39. The Morgan fingerprint density at radius 1 is 1.29 bits per heavy atom. The fourth-order valence-electron chi connectivity index (χ4n) is 2.80. The van der Waals surface area contributed by atoms with Crippen LogP contribution in [0.1, 0.15) is 53.4 Å². The Labute approximate surface area is 106 Å². The van der Waals surface area contributed by atoms with Crippen molar-refractivity contribution in [1.29, 1.82) is 0 Å². The quantitative estimate of drug-likeness (QED) is 0.800. The average Bonchev–Trinajstić information content (AvgIpc) is 2.39. The molecular formula is C14H28N2O. The van der Waals surface area contributed by atoms with E-state index in [9.17, 15) is 4.79 Å². The van der Waals surface area contributed by atoms with Gasteiger partial charge in [0, 0.05) is 12.6 Å². The van der Waals surface area contributed by atoms with Gasteiger partial charge in [-0.25, -0.2) is 0 Å². The second-order valence-electron chi connectivity index (χ2n) is 5.23. The van der Waals surface area contributed by atoms with Crippen LogP contribution < -0.4 is 5.32 Å². The summed E-state index contributed by atoms with van der Waals surface area (Å²) in [4.78, 5) is 14.9. The Morgan fingerprint density at radius 3 is 2.29 bits per heavy atom. The number of hydrogen-bond donors (Lipinski definition) is 1. The van der Waals surface area contributed by atoms with E-state index >= 15 is 0 Å². The predicted octanol–water partition coefficient (Wildman–Crippen LogP) is 2.41. The maximum atomic E-state index is 12.8. The molecule has 1 N–H and O–H groups in total. The van der Waals surface area contributed by atoms with Gasteiger partial charge in [0.05, 0.1) is 5.41 Å². The van der Waals surface area contributed by atoms with Crippen LogP contribution >= 0.6 is 0 Å². The van der Waals surface area contributed by atoms with Crippen LogP contribution in [-0.2, 0) is 4.79 Å². The molecule has 0 aliphatic carbocycles. The van der Waals surface area contributed by atoms with Crippen molar-refractivity contribution < 1.29 is 4.79 Å². The highest BCUT2D eigenvalue weighted by atomic mass is 16.2. The van der Waals surface area contributed by atoms with E-state index in [4.69, 9.17) is 0 Å². The highest BCUT2D eigenvalue weighted by Crippen LogP contribution is 2.35. The van der Waals surface area contributed by atoms with Crippen molar-refractivity contribution in [3.63, 3.8) is 0 Å². The van der Waals surface area contributed by atoms with Crippen LogP contribution in [0.15, 0.2) is 0 Å². The molecule has 0 aromatic rings. The minimum Gasteiger partial charge on any atom is -0.340 e. The summed E-state index contributed by atoms with van der Waals surface area (Å²) in [7, 11) is 0. The third-order valence-corrected chi connectivity index (χ3v) is 4.42. The van der Waals surface area contributed by atoms with Gasteiger partial charge in [0.15, 0.2) is 0 Å². The number of piperidine rings is 1. The van der Waals surface area contributed by atoms with E-state index in [0.29, 0.717) is 11.9 Å². The molecule has 1 rings (SSSR count). The van der Waals surface area contributed by atoms with Gasteiger partial charge in [-0.2, -0.15) is 0 Å². The van der Waals surface area contributed by atoms with Gasteiger partial charge in [-0.15, -0.1) is 0 Å². The lowest BCUT2D eigenvalue weighted by Gasteiger charge is -2.41. The zero-order valence-corrected chi connectivity index (χ0v) is 11.9. The first kappa shape index (κ1) is 14.5. The summed E-state index contributed by atoms with van der Waals surface area (Å²) in [6, 6.07) is 0.366. The third-order valence-electron chi connectivity index (χ3n) is 4.42. The molecule has 1 fully saturated rings. The molecule has 17 heavy (non-hydrogen) atoms. The number of hydrogen-bond acceptors (Lipinski definition) is 2. The van der Waals surface area contributed by atoms with Crippen LogP contribution in [-0.4, -0.2) is 36.5 Å². The molecule has 100 valence electrons. The molecule has 1 unspecified atom stereocenters. The lowest BCUT2D eigenvalue weighted by molar-refractivity contribution is -0.146. The zero-order valence-electron chi connectivity index (χ0n) is 11.9. The molecule has 1 aliphatic heterocycles. The molecule has 3 nitrogen and oxygen atoms in total. The summed E-state index contributed by atoms with van der Waals surface area (Å²) in [5.41, 5.74) is -0.0926. The monoisotopic (exact) mass is 240 g/mol. The van der Waals surface area contributed by atoms with Gasteiger partial charge < -0.3 is 10.2 Å². The van der Waals surface area contributed by atoms with Gasteiger partial charge in [0.25, 0.3) is 0 Å². The summed E-state index contributed by atoms with van der Waals surface area (Å²) >= 11 is 0. The van der Waals surface area contributed by atoms with Crippen molar-refractivity contribution in [2.45, 2.75) is 59.4 Å². The molecule has 0 aromatic carbocycles. The SMILES string of the molecule is CCC(C)N(CC)C(=O)C1(CC)CCNCC1. The first-order valence-electron chi connectivity index (χ1n) is 7.13. The van der Waals surface area contributed by atoms with Crippen molar-refractivity contribution in [1.82, 2.24) is 10.2 Å². The number of rotatable bonds is 5. The van der Waals surface area contributed by atoms with Crippen LogP contribution in [0.3, 0.4) is 0 Å². The van der Waals surface area contributed by atoms with Crippen LogP contribution in [0.2, 0.25) is 0 Å². The zero-order chi connectivity index (χ0) is 12.9. The van der Waals surface area contributed by atoms with Crippen LogP contribution in [0, 0.1) is 5.41 Å². The normalized spacial score (nSPS) is 20.9. The lowest BCUT2D eigenvalue weighted by Crippen LogP contribution is -2.51. The Kier molecular flexibility index (Phi) is 5.44. The molecule has 0 aromatic heterocycles. The Bertz CT molecular complexity index is 247. The predicted molar refractivity (Wildman–Crippen MR) is 72.0 cm³/mol. The number of carbonyl (C=O) groups excluding carboxylic acids is 1. The Hall–Kier alpha value is -0.570. The van der Waals surface area contributed by atoms with Crippen molar-refractivity contribution in [3.05, 3.63) is 0 Å². The molecule has 1 aliphatic rings. The third kappa shape index (κ3) is 3.01. The average molecular weight is 240 g/mol. The van der Waals surface area contributed by atoms with Crippen molar-refractivity contribution in [2.75, 3.05) is 19.6 Å². The van der Waals surface area contributed by atoms with E-state index in [1.807, 2.05) is 0 Å². The standard InChI is InChI=1S/C14H28N2O/c1-5-12(4)16(7-3)13(17)14(6-2)8-10-15-11-9-14/h12,15H,5-11H2,1-4H3. The summed E-state index contributed by atoms with van der Waals surface area (Å²) in [6.45, 7) is 11.4. The molecule has 1 atom stereocenters. The smallest absolute Gasteiger partial charge is 0.229 e. The molecule has 1 saturated heterocycles. The van der Waals surface area contributed by atoms with Crippen molar-refractivity contribution >= 4 is 5.91 Å². The molecule has 0 bridgehead atoms. The van der Waals surface area contributed by atoms with E-state index in [1.165, 1.54) is 0 Å². The van der Waals surface area contributed by atoms with Crippen LogP contribution in [0.5, 0.6) is 0 Å². The van der Waals surface area contributed by atoms with Gasteiger partial charge in [-0.1, -0.05) is 13.8 Å². The highest BCUT2D eigenvalue weighted by Gasteiger charge is 2.40. The largest absolute Gasteiger partial charge is 0.340 e. The van der Waals surface area contributed by atoms with Crippen molar-refractivity contribution in [2.24, 2.45) is 5.41 Å². The van der Waals surface area contributed by atoms with Crippen molar-refractivity contribution in [3.8, 4) is 0 Å². The summed E-state index contributed by atoms with van der Waals surface area (Å²) in [6.07, 6.45) is 4.00. The first-order valence-corrected chi connectivity index (χ1v) is 7.13. The lowest BCUT2D eigenvalue weighted by atomic mass is 9.75. The van der Waals surface area contributed by atoms with Gasteiger partial charge >= 0.3 is 0 Å². The Balaban J connectivity index is 2.82. The molecule has 1 amide bonds. The topological polar surface area (TPSA) is 32.3 Å². The highest BCUT2D eigenvalue weighted by molar-refractivity contribution is 5.83. The minimum absolute atomic E-state index is 0.0926. The van der Waals surface area contributed by atoms with E-state index < -0.39 is 0 Å². The van der Waals surface area contributed by atoms with E-state index in [0.717, 1.165) is 45.3 Å². The number of amides is 1. The van der Waals surface area contributed by atoms with Crippen LogP contribution in [0.4, 0.5) is 0 Å². The van der Waals surface area contributed by atoms with Gasteiger partial charge in [0.2, 0.25) is 5.91 Å². The molecular weight excluding hydrogens is 212 g/mol. The molecule has 0 radical (unpaired) electrons. The summed E-state index contributed by atoms with van der Waals surface area (Å²) in [5.74, 6) is 0.387. The molecule has 1 heterocycles. The summed E-state index contributed by atoms with van der Waals surface area (Å²) < 4.78 is 0. The second-order valence-corrected chi connectivity index (χ2v) is 5.23. The molecule has 0 spiro atoms. The number of nitrogens with one attached hydrogen (secondary N) is 1. The van der Waals surface area contributed by atoms with E-state index in [2.05, 4.69) is 37.9 Å². The van der Waals surface area contributed by atoms with Crippen LogP contribution in [0.25, 0.3) is 0 Å². The van der Waals surface area contributed by atoms with E-state index in [-0.39, 0.29) is 5.41 Å². The van der Waals surface area contributed by atoms with Gasteiger partial charge in [-0.3, -0.25) is 4.79 Å². The van der Waals surface area contributed by atoms with E-state index in [1.54, 1.807) is 0 Å².